The van der Waals surface area contributed by atoms with Gasteiger partial charge in [0.05, 0.1) is 0 Å². The van der Waals surface area contributed by atoms with E-state index in [2.05, 4.69) is 11.8 Å². The van der Waals surface area contributed by atoms with Crippen molar-refractivity contribution in [2.45, 2.75) is 39.7 Å². The molecule has 2 aliphatic heterocycles. The molecule has 0 bridgehead atoms. The maximum absolute atomic E-state index is 5.32. The van der Waals surface area contributed by atoms with Crippen molar-refractivity contribution in [3.05, 3.63) is 0 Å². The molecular formula is C11H23NO. The number of rotatable bonds is 1. The molecule has 0 atom stereocenters. The number of nitrogens with zero attached hydrogens (tertiary/aromatic N) is 1. The molecule has 2 fully saturated rings. The Hall–Kier alpha value is -0.0800. The van der Waals surface area contributed by atoms with E-state index in [1.165, 1.54) is 25.9 Å². The van der Waals surface area contributed by atoms with E-state index in [9.17, 15) is 0 Å². The van der Waals surface area contributed by atoms with Crippen molar-refractivity contribution in [3.63, 3.8) is 0 Å². The molecule has 78 valence electrons. The second-order valence-electron chi connectivity index (χ2n) is 3.90. The minimum absolute atomic E-state index is 0.847. The largest absolute Gasteiger partial charge is 0.381 e. The van der Waals surface area contributed by atoms with E-state index in [0.717, 1.165) is 25.2 Å². The second-order valence-corrected chi connectivity index (χ2v) is 3.90. The Labute approximate surface area is 82.3 Å². The smallest absolute Gasteiger partial charge is 0.0480 e. The molecule has 0 unspecified atom stereocenters. The van der Waals surface area contributed by atoms with Crippen molar-refractivity contribution in [1.29, 1.82) is 0 Å². The van der Waals surface area contributed by atoms with Crippen molar-refractivity contribution in [2.75, 3.05) is 26.3 Å². The fraction of sp³-hybridized carbons (Fsp3) is 1.00. The molecule has 0 spiro atoms. The monoisotopic (exact) mass is 185 g/mol. The van der Waals surface area contributed by atoms with Gasteiger partial charge in [0.1, 0.15) is 0 Å². The van der Waals surface area contributed by atoms with Crippen LogP contribution in [0.15, 0.2) is 0 Å². The van der Waals surface area contributed by atoms with Crippen LogP contribution in [0.25, 0.3) is 0 Å². The Morgan fingerprint density at radius 3 is 2.08 bits per heavy atom. The molecule has 0 saturated carbocycles. The molecule has 2 aliphatic rings. The Balaban J connectivity index is 0.000000396. The van der Waals surface area contributed by atoms with E-state index in [-0.39, 0.29) is 0 Å². The van der Waals surface area contributed by atoms with Gasteiger partial charge in [-0.15, -0.1) is 0 Å². The van der Waals surface area contributed by atoms with Crippen LogP contribution in [0.3, 0.4) is 0 Å². The zero-order valence-corrected chi connectivity index (χ0v) is 9.25. The first-order chi connectivity index (χ1) is 6.36. The van der Waals surface area contributed by atoms with Crippen LogP contribution in [0.2, 0.25) is 0 Å². The van der Waals surface area contributed by atoms with Crippen LogP contribution in [0.4, 0.5) is 0 Å². The van der Waals surface area contributed by atoms with Crippen LogP contribution in [0.5, 0.6) is 0 Å². The van der Waals surface area contributed by atoms with Gasteiger partial charge in [0.15, 0.2) is 0 Å². The van der Waals surface area contributed by atoms with Crippen LogP contribution in [0, 0.1) is 5.92 Å². The van der Waals surface area contributed by atoms with Crippen LogP contribution < -0.4 is 0 Å². The molecule has 0 aromatic rings. The summed E-state index contributed by atoms with van der Waals surface area (Å²) in [5.41, 5.74) is 0. The lowest BCUT2D eigenvalue weighted by molar-refractivity contribution is -0.0106. The standard InChI is InChI=1S/C9H17NO.C2H6/c1-8-6-10(7-8)9-2-4-11-5-3-9;1-2/h8-9H,2-7H2,1H3;1-2H3. The average Bonchev–Trinajstić information content (AvgIpc) is 2.18. The molecule has 0 radical (unpaired) electrons. The summed E-state index contributed by atoms with van der Waals surface area (Å²) in [5.74, 6) is 0.942. The predicted molar refractivity (Wildman–Crippen MR) is 55.9 cm³/mol. The van der Waals surface area contributed by atoms with Crippen LogP contribution in [-0.4, -0.2) is 37.2 Å². The summed E-state index contributed by atoms with van der Waals surface area (Å²) in [4.78, 5) is 2.60. The van der Waals surface area contributed by atoms with Gasteiger partial charge in [0, 0.05) is 32.3 Å². The van der Waals surface area contributed by atoms with Crippen molar-refractivity contribution in [2.24, 2.45) is 5.92 Å². The first-order valence-corrected chi connectivity index (χ1v) is 5.68. The fourth-order valence-corrected chi connectivity index (χ4v) is 2.10. The Kier molecular flexibility index (Phi) is 4.74. The maximum atomic E-state index is 5.32. The van der Waals surface area contributed by atoms with Crippen LogP contribution in [0.1, 0.15) is 33.6 Å². The van der Waals surface area contributed by atoms with Gasteiger partial charge < -0.3 is 4.74 Å². The topological polar surface area (TPSA) is 12.5 Å². The molecule has 0 N–H and O–H groups in total. The second kappa shape index (κ2) is 5.61. The van der Waals surface area contributed by atoms with Gasteiger partial charge in [-0.05, 0) is 18.8 Å². The first-order valence-electron chi connectivity index (χ1n) is 5.68. The summed E-state index contributed by atoms with van der Waals surface area (Å²) in [7, 11) is 0. The van der Waals surface area contributed by atoms with Gasteiger partial charge in [-0.3, -0.25) is 4.90 Å². The summed E-state index contributed by atoms with van der Waals surface area (Å²) >= 11 is 0. The highest BCUT2D eigenvalue weighted by Gasteiger charge is 2.29. The van der Waals surface area contributed by atoms with Gasteiger partial charge in [0.25, 0.3) is 0 Å². The lowest BCUT2D eigenvalue weighted by Gasteiger charge is -2.44. The minimum atomic E-state index is 0.847. The predicted octanol–water partition coefficient (Wildman–Crippen LogP) is 2.14. The number of likely N-dealkylation sites (tertiary alicyclic amines) is 1. The molecule has 0 aromatic heterocycles. The summed E-state index contributed by atoms with van der Waals surface area (Å²) in [6.45, 7) is 10.9. The zero-order valence-electron chi connectivity index (χ0n) is 9.25. The molecule has 13 heavy (non-hydrogen) atoms. The third-order valence-electron chi connectivity index (χ3n) is 2.80. The molecule has 2 saturated heterocycles. The number of hydrogen-bond donors (Lipinski definition) is 0. The van der Waals surface area contributed by atoms with Crippen LogP contribution in [-0.2, 0) is 4.74 Å². The molecular weight excluding hydrogens is 162 g/mol. The Morgan fingerprint density at radius 2 is 1.62 bits per heavy atom. The third kappa shape index (κ3) is 2.96. The van der Waals surface area contributed by atoms with Gasteiger partial charge in [0.2, 0.25) is 0 Å². The molecule has 0 aromatic carbocycles. The normalized spacial score (nSPS) is 26.1. The van der Waals surface area contributed by atoms with Crippen molar-refractivity contribution in [3.8, 4) is 0 Å². The highest BCUT2D eigenvalue weighted by molar-refractivity contribution is 4.84. The summed E-state index contributed by atoms with van der Waals surface area (Å²) in [6, 6.07) is 0.847. The van der Waals surface area contributed by atoms with E-state index in [1.54, 1.807) is 0 Å². The van der Waals surface area contributed by atoms with E-state index < -0.39 is 0 Å². The van der Waals surface area contributed by atoms with E-state index in [4.69, 9.17) is 4.74 Å². The molecule has 2 heterocycles. The van der Waals surface area contributed by atoms with Crippen molar-refractivity contribution < 1.29 is 4.74 Å². The summed E-state index contributed by atoms with van der Waals surface area (Å²) in [6.07, 6.45) is 2.51. The van der Waals surface area contributed by atoms with Gasteiger partial charge in [-0.1, -0.05) is 20.8 Å². The summed E-state index contributed by atoms with van der Waals surface area (Å²) < 4.78 is 5.32. The molecule has 2 rings (SSSR count). The number of hydrogen-bond acceptors (Lipinski definition) is 2. The lowest BCUT2D eigenvalue weighted by atomic mass is 9.96. The third-order valence-corrected chi connectivity index (χ3v) is 2.80. The lowest BCUT2D eigenvalue weighted by Crippen LogP contribution is -2.52. The van der Waals surface area contributed by atoms with Gasteiger partial charge in [-0.25, -0.2) is 0 Å². The molecule has 0 amide bonds. The van der Waals surface area contributed by atoms with Crippen LogP contribution >= 0.6 is 0 Å². The highest BCUT2D eigenvalue weighted by Crippen LogP contribution is 2.23. The maximum Gasteiger partial charge on any atom is 0.0480 e. The van der Waals surface area contributed by atoms with E-state index in [0.29, 0.717) is 0 Å². The average molecular weight is 185 g/mol. The molecule has 2 heteroatoms. The summed E-state index contributed by atoms with van der Waals surface area (Å²) in [5, 5.41) is 0. The quantitative estimate of drug-likeness (QED) is 0.620. The van der Waals surface area contributed by atoms with E-state index in [1.807, 2.05) is 13.8 Å². The van der Waals surface area contributed by atoms with Gasteiger partial charge >= 0.3 is 0 Å². The van der Waals surface area contributed by atoms with Gasteiger partial charge in [-0.2, -0.15) is 0 Å². The highest BCUT2D eigenvalue weighted by atomic mass is 16.5. The number of ether oxygens (including phenoxy) is 1. The van der Waals surface area contributed by atoms with E-state index >= 15 is 0 Å². The fourth-order valence-electron chi connectivity index (χ4n) is 2.10. The first kappa shape index (κ1) is 11.0. The molecule has 2 nitrogen and oxygen atoms in total. The zero-order chi connectivity index (χ0) is 9.68. The van der Waals surface area contributed by atoms with Crippen molar-refractivity contribution in [1.82, 2.24) is 4.90 Å². The Morgan fingerprint density at radius 1 is 1.08 bits per heavy atom. The molecule has 0 aliphatic carbocycles. The minimum Gasteiger partial charge on any atom is -0.381 e. The Bertz CT molecular complexity index is 126. The van der Waals surface area contributed by atoms with Crippen molar-refractivity contribution >= 4 is 0 Å². The SMILES string of the molecule is CC.CC1CN(C2CCOCC2)C1.